The third-order valence-electron chi connectivity index (χ3n) is 0.500. The van der Waals surface area contributed by atoms with Crippen molar-refractivity contribution in [2.24, 2.45) is 0 Å². The third kappa shape index (κ3) is 1090. The molecule has 0 atom stereocenters. The Kier molecular flexibility index (Phi) is 176. The van der Waals surface area contributed by atoms with Crippen LogP contribution in [0.3, 0.4) is 0 Å². The van der Waals surface area contributed by atoms with Gasteiger partial charge in [0, 0.05) is 13.2 Å². The minimum Gasteiger partial charge on any atom is -0.412 e. The molecule has 0 saturated heterocycles. The molecule has 7 N–H and O–H groups in total. The number of aliphatic hydroxyl groups is 2. The molecule has 4 heteroatoms. The largest absolute Gasteiger partial charge is 0.412 e. The molecule has 4 nitrogen and oxygen atoms in total. The molecule has 0 aliphatic carbocycles. The van der Waals surface area contributed by atoms with E-state index in [2.05, 4.69) is 13.8 Å². The third-order valence-corrected chi connectivity index (χ3v) is 0.500. The zero-order chi connectivity index (χ0) is 8.83. The van der Waals surface area contributed by atoms with Crippen molar-refractivity contribution in [1.29, 1.82) is 0 Å². The minimum atomic E-state index is 0. The smallest absolute Gasteiger partial charge is 0.0402 e. The first-order chi connectivity index (χ1) is 4.74. The second-order valence-electron chi connectivity index (χ2n) is 1.63. The topological polar surface area (TPSA) is 107 Å². The Morgan fingerprint density at radius 3 is 0.833 bits per heavy atom. The lowest BCUT2D eigenvalue weighted by Gasteiger charge is -1.68. The van der Waals surface area contributed by atoms with Crippen LogP contribution >= 0.6 is 0 Å². The average molecular weight is 185 g/mol. The molecule has 0 radical (unpaired) electrons. The summed E-state index contributed by atoms with van der Waals surface area (Å²) < 4.78 is 0. The number of hydrogen-bond donors (Lipinski definition) is 3. The molecule has 82 valence electrons. The summed E-state index contributed by atoms with van der Waals surface area (Å²) in [5, 5.41) is 15.1. The summed E-state index contributed by atoms with van der Waals surface area (Å²) in [5.41, 5.74) is 0. The van der Waals surface area contributed by atoms with E-state index in [0.29, 0.717) is 0 Å². The molecule has 0 heterocycles. The van der Waals surface area contributed by atoms with Gasteiger partial charge in [-0.1, -0.05) is 26.7 Å². The van der Waals surface area contributed by atoms with E-state index in [9.17, 15) is 0 Å². The quantitative estimate of drug-likeness (QED) is 0.570. The van der Waals surface area contributed by atoms with E-state index in [1.54, 1.807) is 13.8 Å². The fourth-order valence-corrected chi connectivity index (χ4v) is 0. The lowest BCUT2D eigenvalue weighted by atomic mass is 10.4. The maximum Gasteiger partial charge on any atom is 0.0402 e. The Morgan fingerprint density at radius 1 is 0.750 bits per heavy atom. The summed E-state index contributed by atoms with van der Waals surface area (Å²) in [4.78, 5) is 0. The Hall–Kier alpha value is -0.160. The molecule has 12 heavy (non-hydrogen) atoms. The van der Waals surface area contributed by atoms with Gasteiger partial charge in [0.15, 0.2) is 0 Å². The summed E-state index contributed by atoms with van der Waals surface area (Å²) in [6.45, 7) is 8.22. The van der Waals surface area contributed by atoms with Gasteiger partial charge in [0.25, 0.3) is 0 Å². The first-order valence-corrected chi connectivity index (χ1v) is 3.96. The van der Waals surface area contributed by atoms with Crippen molar-refractivity contribution < 1.29 is 15.7 Å². The van der Waals surface area contributed by atoms with Crippen molar-refractivity contribution in [3.05, 3.63) is 0 Å². The Labute approximate surface area is 76.5 Å². The molecule has 0 aliphatic heterocycles. The maximum absolute atomic E-state index is 7.57. The predicted molar refractivity (Wildman–Crippen MR) is 54.7 cm³/mol. The molecule has 0 unspecified atom stereocenters. The van der Waals surface area contributed by atoms with Crippen molar-refractivity contribution >= 4 is 0 Å². The van der Waals surface area contributed by atoms with Gasteiger partial charge in [0.2, 0.25) is 0 Å². The van der Waals surface area contributed by atoms with Crippen LogP contribution in [0.5, 0.6) is 0 Å². The van der Waals surface area contributed by atoms with Crippen molar-refractivity contribution in [1.82, 2.24) is 6.15 Å². The van der Waals surface area contributed by atoms with E-state index < -0.39 is 0 Å². The van der Waals surface area contributed by atoms with Crippen LogP contribution in [0.1, 0.15) is 40.5 Å². The zero-order valence-electron chi connectivity index (χ0n) is 8.93. The highest BCUT2D eigenvalue weighted by Gasteiger charge is 1.56. The number of aliphatic hydroxyl groups excluding tert-OH is 2. The van der Waals surface area contributed by atoms with Gasteiger partial charge in [-0.05, 0) is 13.8 Å². The molecule has 0 aliphatic rings. The van der Waals surface area contributed by atoms with Gasteiger partial charge in [-0.3, -0.25) is 0 Å². The standard InChI is InChI=1S/C4H10.2C2H6O.H3N.H2O/c1-3-4-2;2*1-2-3;;/h3-4H2,1-2H3;2*3H,2H2,1H3;1H3;1H2. The Morgan fingerprint density at radius 2 is 0.833 bits per heavy atom. The SMILES string of the molecule is CCCC.CCO.CCO.N.O. The average Bonchev–Trinajstić information content (AvgIpc) is 1.91. The first-order valence-electron chi connectivity index (χ1n) is 3.96. The molecule has 0 spiro atoms. The molecule has 0 amide bonds. The molecule has 0 bridgehead atoms. The van der Waals surface area contributed by atoms with Crippen molar-refractivity contribution in [2.75, 3.05) is 13.2 Å². The minimum absolute atomic E-state index is 0. The van der Waals surface area contributed by atoms with Crippen LogP contribution in [-0.2, 0) is 0 Å². The molecule has 0 fully saturated rings. The lowest BCUT2D eigenvalue weighted by molar-refractivity contribution is 0.318. The molecule has 0 rings (SSSR count). The normalized spacial score (nSPS) is 5.50. The van der Waals surface area contributed by atoms with Crippen molar-refractivity contribution in [2.45, 2.75) is 40.5 Å². The number of hydrogen-bond acceptors (Lipinski definition) is 3. The van der Waals surface area contributed by atoms with E-state index in [1.807, 2.05) is 0 Å². The fraction of sp³-hybridized carbons (Fsp3) is 1.00. The van der Waals surface area contributed by atoms with Gasteiger partial charge in [-0.2, -0.15) is 0 Å². The van der Waals surface area contributed by atoms with E-state index in [-0.39, 0.29) is 24.8 Å². The van der Waals surface area contributed by atoms with Crippen LogP contribution in [0.25, 0.3) is 0 Å². The molecule has 0 saturated carbocycles. The van der Waals surface area contributed by atoms with Crippen LogP contribution in [0.4, 0.5) is 0 Å². The second kappa shape index (κ2) is 71.2. The molecular weight excluding hydrogens is 158 g/mol. The summed E-state index contributed by atoms with van der Waals surface area (Å²) in [5.74, 6) is 0. The van der Waals surface area contributed by atoms with E-state index >= 15 is 0 Å². The zero-order valence-corrected chi connectivity index (χ0v) is 8.93. The van der Waals surface area contributed by atoms with E-state index in [4.69, 9.17) is 10.2 Å². The summed E-state index contributed by atoms with van der Waals surface area (Å²) in [6.07, 6.45) is 2.64. The predicted octanol–water partition coefficient (Wildman–Crippen LogP) is 1.14. The van der Waals surface area contributed by atoms with Crippen LogP contribution in [0, 0.1) is 0 Å². The van der Waals surface area contributed by atoms with Crippen LogP contribution in [0.15, 0.2) is 0 Å². The van der Waals surface area contributed by atoms with Gasteiger partial charge >= 0.3 is 0 Å². The maximum atomic E-state index is 7.57. The fourth-order valence-electron chi connectivity index (χ4n) is 0. The van der Waals surface area contributed by atoms with Crippen LogP contribution in [0.2, 0.25) is 0 Å². The molecule has 0 aromatic rings. The molecule has 0 aromatic heterocycles. The highest BCUT2D eigenvalue weighted by atomic mass is 16.3. The highest BCUT2D eigenvalue weighted by Crippen LogP contribution is 1.76. The Balaban J connectivity index is -0.0000000191. The van der Waals surface area contributed by atoms with Gasteiger partial charge in [0.05, 0.1) is 0 Å². The van der Waals surface area contributed by atoms with Gasteiger partial charge < -0.3 is 21.8 Å². The summed E-state index contributed by atoms with van der Waals surface area (Å²) in [7, 11) is 0. The van der Waals surface area contributed by atoms with E-state index in [0.717, 1.165) is 0 Å². The molecule has 0 aromatic carbocycles. The molecular formula is C8H27NO3. The van der Waals surface area contributed by atoms with Crippen molar-refractivity contribution in [3.8, 4) is 0 Å². The monoisotopic (exact) mass is 185 g/mol. The van der Waals surface area contributed by atoms with Gasteiger partial charge in [0.1, 0.15) is 0 Å². The van der Waals surface area contributed by atoms with Crippen LogP contribution in [-0.4, -0.2) is 28.9 Å². The van der Waals surface area contributed by atoms with Crippen LogP contribution < -0.4 is 6.15 Å². The first kappa shape index (κ1) is 29.7. The van der Waals surface area contributed by atoms with Crippen molar-refractivity contribution in [3.63, 3.8) is 0 Å². The number of rotatable bonds is 1. The Bertz CT molecular complexity index is 26.3. The summed E-state index contributed by atoms with van der Waals surface area (Å²) in [6, 6.07) is 0. The highest BCUT2D eigenvalue weighted by molar-refractivity contribution is 4.12. The van der Waals surface area contributed by atoms with Gasteiger partial charge in [-0.15, -0.1) is 0 Å². The number of unbranched alkanes of at least 4 members (excludes halogenated alkanes) is 1. The lowest BCUT2D eigenvalue weighted by Crippen LogP contribution is -1.57. The van der Waals surface area contributed by atoms with E-state index in [1.165, 1.54) is 12.8 Å². The summed E-state index contributed by atoms with van der Waals surface area (Å²) >= 11 is 0. The second-order valence-corrected chi connectivity index (χ2v) is 1.63. The van der Waals surface area contributed by atoms with Gasteiger partial charge in [-0.25, -0.2) is 0 Å².